The Hall–Kier alpha value is -2.41. The normalized spacial score (nSPS) is 17.0. The second-order valence-electron chi connectivity index (χ2n) is 13.2. The van der Waals surface area contributed by atoms with Gasteiger partial charge in [0.1, 0.15) is 5.75 Å². The van der Waals surface area contributed by atoms with Crippen molar-refractivity contribution in [2.75, 3.05) is 18.8 Å². The van der Waals surface area contributed by atoms with Crippen molar-refractivity contribution in [2.24, 2.45) is 0 Å². The maximum atomic E-state index is 14.2. The van der Waals surface area contributed by atoms with Crippen molar-refractivity contribution in [3.05, 3.63) is 47.7 Å². The molecule has 1 atom stereocenters. The first-order valence-corrected chi connectivity index (χ1v) is 19.3. The molecule has 0 saturated carbocycles. The molecule has 8 nitrogen and oxygen atoms in total. The zero-order valence-corrected chi connectivity index (χ0v) is 27.8. The van der Waals surface area contributed by atoms with Crippen LogP contribution >= 0.6 is 0 Å². The van der Waals surface area contributed by atoms with Crippen LogP contribution < -0.4 is 9.80 Å². The van der Waals surface area contributed by atoms with Crippen molar-refractivity contribution in [3.8, 4) is 5.75 Å². The molecule has 39 heavy (non-hydrogen) atoms. The Morgan fingerprint density at radius 1 is 1.08 bits per heavy atom. The van der Waals surface area contributed by atoms with Gasteiger partial charge in [-0.2, -0.15) is 5.06 Å². The first-order valence-electron chi connectivity index (χ1n) is 13.5. The highest BCUT2D eigenvalue weighted by molar-refractivity contribution is 6.74. The Morgan fingerprint density at radius 2 is 1.67 bits per heavy atom. The maximum absolute atomic E-state index is 14.2. The molecule has 10 heteroatoms. The van der Waals surface area contributed by atoms with Crippen LogP contribution in [0.5, 0.6) is 5.75 Å². The van der Waals surface area contributed by atoms with Crippen molar-refractivity contribution in [2.45, 2.75) is 97.2 Å². The van der Waals surface area contributed by atoms with Crippen LogP contribution in [0, 0.1) is 0 Å². The van der Waals surface area contributed by atoms with Crippen molar-refractivity contribution in [1.82, 2.24) is 4.90 Å². The number of carbonyl (C=O) groups is 2. The first-order chi connectivity index (χ1) is 17.8. The number of benzene rings is 1. The SMILES string of the molecule is C/C=C/C1=CN(C(=O)c2cc(OC)ccc2N(O[Si](C)(C)C(C)(C)C)C(=O)O)[C@H](CO[Si](C)(C)C(C)(C)C)C1. The van der Waals surface area contributed by atoms with E-state index in [4.69, 9.17) is 13.7 Å². The first kappa shape index (κ1) is 32.8. The van der Waals surface area contributed by atoms with Gasteiger partial charge in [0.05, 0.1) is 31.0 Å². The number of amides is 2. The smallest absolute Gasteiger partial charge is 0.435 e. The highest BCUT2D eigenvalue weighted by Gasteiger charge is 2.43. The molecule has 0 saturated heterocycles. The van der Waals surface area contributed by atoms with E-state index in [1.54, 1.807) is 23.1 Å². The molecule has 0 unspecified atom stereocenters. The Morgan fingerprint density at radius 3 is 2.15 bits per heavy atom. The molecule has 2 rings (SSSR count). The molecular formula is C29H48N2O6Si2. The second-order valence-corrected chi connectivity index (χ2v) is 22.7. The molecule has 218 valence electrons. The number of hydrogen-bond donors (Lipinski definition) is 1. The number of hydroxylamine groups is 1. The van der Waals surface area contributed by atoms with E-state index in [2.05, 4.69) is 33.9 Å². The van der Waals surface area contributed by atoms with E-state index < -0.39 is 22.7 Å². The lowest BCUT2D eigenvalue weighted by Crippen LogP contribution is -2.49. The van der Waals surface area contributed by atoms with E-state index in [1.807, 2.05) is 59.1 Å². The Bertz CT molecular complexity index is 1120. The topological polar surface area (TPSA) is 88.5 Å². The lowest BCUT2D eigenvalue weighted by atomic mass is 10.1. The quantitative estimate of drug-likeness (QED) is 0.238. The van der Waals surface area contributed by atoms with Crippen molar-refractivity contribution in [1.29, 1.82) is 0 Å². The summed E-state index contributed by atoms with van der Waals surface area (Å²) in [6.45, 7) is 23.3. The number of carbonyl (C=O) groups excluding carboxylic acids is 1. The molecule has 0 fully saturated rings. The van der Waals surface area contributed by atoms with Crippen LogP contribution in [-0.4, -0.2) is 58.4 Å². The van der Waals surface area contributed by atoms with E-state index in [-0.39, 0.29) is 33.3 Å². The summed E-state index contributed by atoms with van der Waals surface area (Å²) in [5, 5.41) is 10.8. The number of hydrogen-bond acceptors (Lipinski definition) is 5. The fourth-order valence-corrected chi connectivity index (χ4v) is 5.55. The van der Waals surface area contributed by atoms with E-state index in [9.17, 15) is 14.7 Å². The monoisotopic (exact) mass is 576 g/mol. The van der Waals surface area contributed by atoms with Gasteiger partial charge in [0.25, 0.3) is 5.91 Å². The van der Waals surface area contributed by atoms with Gasteiger partial charge in [0, 0.05) is 6.20 Å². The second kappa shape index (κ2) is 12.0. The lowest BCUT2D eigenvalue weighted by molar-refractivity contribution is 0.0736. The van der Waals surface area contributed by atoms with Gasteiger partial charge in [-0.1, -0.05) is 53.7 Å². The third-order valence-corrected chi connectivity index (χ3v) is 16.9. The van der Waals surface area contributed by atoms with Gasteiger partial charge in [-0.15, -0.1) is 0 Å². The summed E-state index contributed by atoms with van der Waals surface area (Å²) in [5.41, 5.74) is 1.35. The zero-order valence-electron chi connectivity index (χ0n) is 25.8. The third-order valence-electron chi connectivity index (χ3n) is 8.18. The highest BCUT2D eigenvalue weighted by Crippen LogP contribution is 2.40. The number of methoxy groups -OCH3 is 1. The molecule has 0 spiro atoms. The average Bonchev–Trinajstić information content (AvgIpc) is 3.22. The van der Waals surface area contributed by atoms with Gasteiger partial charge >= 0.3 is 6.09 Å². The van der Waals surface area contributed by atoms with E-state index in [0.29, 0.717) is 18.8 Å². The highest BCUT2D eigenvalue weighted by atomic mass is 28.4. The molecular weight excluding hydrogens is 528 g/mol. The summed E-state index contributed by atoms with van der Waals surface area (Å²) in [7, 11) is -3.11. The minimum absolute atomic E-state index is 0.0308. The van der Waals surface area contributed by atoms with Crippen LogP contribution in [0.4, 0.5) is 10.5 Å². The summed E-state index contributed by atoms with van der Waals surface area (Å²) in [6.07, 6.45) is 5.13. The predicted molar refractivity (Wildman–Crippen MR) is 162 cm³/mol. The number of ether oxygens (including phenoxy) is 1. The van der Waals surface area contributed by atoms with Crippen LogP contribution in [0.3, 0.4) is 0 Å². The molecule has 1 aliphatic heterocycles. The summed E-state index contributed by atoms with van der Waals surface area (Å²) in [4.78, 5) is 28.4. The molecule has 0 aliphatic carbocycles. The largest absolute Gasteiger partial charge is 0.497 e. The van der Waals surface area contributed by atoms with Gasteiger partial charge in [-0.3, -0.25) is 4.79 Å². The Kier molecular flexibility index (Phi) is 10.1. The molecule has 1 N–H and O–H groups in total. The summed E-state index contributed by atoms with van der Waals surface area (Å²) in [6, 6.07) is 4.56. The molecule has 1 aliphatic rings. The molecule has 0 aromatic heterocycles. The average molecular weight is 577 g/mol. The van der Waals surface area contributed by atoms with E-state index in [0.717, 1.165) is 10.6 Å². The summed E-state index contributed by atoms with van der Waals surface area (Å²) in [5.74, 6) is 0.114. The van der Waals surface area contributed by atoms with Crippen molar-refractivity contribution < 1.29 is 28.4 Å². The van der Waals surface area contributed by atoms with Gasteiger partial charge in [-0.25, -0.2) is 4.79 Å². The molecule has 1 aromatic carbocycles. The van der Waals surface area contributed by atoms with Crippen LogP contribution in [0.1, 0.15) is 65.2 Å². The zero-order chi connectivity index (χ0) is 30.0. The predicted octanol–water partition coefficient (Wildman–Crippen LogP) is 7.81. The fourth-order valence-electron chi connectivity index (χ4n) is 3.60. The van der Waals surface area contributed by atoms with Gasteiger partial charge in [-0.05, 0) is 73.4 Å². The standard InChI is InChI=1S/C29H48N2O6Si2/c1-13-14-21-17-22(20-36-38(9,10)28(2,3)4)30(19-21)26(32)24-18-23(35-8)15-16-25(24)31(27(33)34)37-39(11,12)29(5,6)7/h13-16,18-19,22H,17,20H2,1-12H3,(H,33,34)/b14-13+/t22-/m0/s1. The molecule has 2 amide bonds. The van der Waals surface area contributed by atoms with Crippen LogP contribution in [0.2, 0.25) is 36.3 Å². The van der Waals surface area contributed by atoms with Gasteiger partial charge in [0.2, 0.25) is 8.32 Å². The van der Waals surface area contributed by atoms with Crippen LogP contribution in [0.15, 0.2) is 42.1 Å². The number of nitrogens with zero attached hydrogens (tertiary/aromatic N) is 2. The Balaban J connectivity index is 2.57. The number of rotatable bonds is 9. The number of anilines is 1. The number of carboxylic acid groups (broad SMARTS) is 1. The van der Waals surface area contributed by atoms with Gasteiger partial charge in [0.15, 0.2) is 8.32 Å². The minimum atomic E-state index is -2.56. The fraction of sp³-hybridized carbons (Fsp3) is 0.586. The lowest BCUT2D eigenvalue weighted by Gasteiger charge is -2.39. The Labute approximate surface area is 236 Å². The maximum Gasteiger partial charge on any atom is 0.435 e. The summed E-state index contributed by atoms with van der Waals surface area (Å²) < 4.78 is 18.2. The minimum Gasteiger partial charge on any atom is -0.497 e. The van der Waals surface area contributed by atoms with Crippen LogP contribution in [0.25, 0.3) is 0 Å². The third kappa shape index (κ3) is 7.62. The molecule has 0 radical (unpaired) electrons. The van der Waals surface area contributed by atoms with E-state index >= 15 is 0 Å². The van der Waals surface area contributed by atoms with Gasteiger partial charge < -0.3 is 23.7 Å². The van der Waals surface area contributed by atoms with Crippen molar-refractivity contribution >= 4 is 34.3 Å². The molecule has 0 bridgehead atoms. The molecule has 1 aromatic rings. The number of allylic oxidation sites excluding steroid dienone is 2. The van der Waals surface area contributed by atoms with E-state index in [1.165, 1.54) is 7.11 Å². The van der Waals surface area contributed by atoms with Crippen LogP contribution in [-0.2, 0) is 8.95 Å². The molecule has 1 heterocycles. The van der Waals surface area contributed by atoms with Crippen molar-refractivity contribution in [3.63, 3.8) is 0 Å². The summed E-state index contributed by atoms with van der Waals surface area (Å²) >= 11 is 0.